The van der Waals surface area contributed by atoms with E-state index in [2.05, 4.69) is 36.8 Å². The molecule has 2 amide bonds. The Hall–Kier alpha value is -2.15. The molecule has 3 N–H and O–H groups in total. The number of aromatic nitrogens is 2. The molecule has 0 bridgehead atoms. The maximum Gasteiger partial charge on any atom is 0.271 e. The molecule has 1 aliphatic heterocycles. The third kappa shape index (κ3) is 2.89. The fourth-order valence-electron chi connectivity index (χ4n) is 2.41. The smallest absolute Gasteiger partial charge is 0.271 e. The van der Waals surface area contributed by atoms with E-state index in [-0.39, 0.29) is 11.8 Å². The first-order valence-corrected chi connectivity index (χ1v) is 7.84. The van der Waals surface area contributed by atoms with Gasteiger partial charge in [0.2, 0.25) is 5.91 Å². The summed E-state index contributed by atoms with van der Waals surface area (Å²) in [5, 5.41) is 12.4. The Balaban J connectivity index is 1.79. The van der Waals surface area contributed by atoms with E-state index >= 15 is 0 Å². The summed E-state index contributed by atoms with van der Waals surface area (Å²) < 4.78 is 0.590. The van der Waals surface area contributed by atoms with Gasteiger partial charge in [-0.3, -0.25) is 14.7 Å². The van der Waals surface area contributed by atoms with Gasteiger partial charge < -0.3 is 10.6 Å². The number of hydrogen-bond acceptors (Lipinski definition) is 3. The number of carbonyl (C=O) groups excluding carboxylic acids is 2. The van der Waals surface area contributed by atoms with E-state index in [1.54, 1.807) is 0 Å². The van der Waals surface area contributed by atoms with Crippen LogP contribution in [0.25, 0.3) is 11.3 Å². The number of amides is 2. The normalized spacial score (nSPS) is 17.9. The zero-order valence-corrected chi connectivity index (χ0v) is 13.3. The van der Waals surface area contributed by atoms with Gasteiger partial charge in [-0.1, -0.05) is 30.3 Å². The van der Waals surface area contributed by atoms with Crippen molar-refractivity contribution in [1.29, 1.82) is 0 Å². The van der Waals surface area contributed by atoms with Gasteiger partial charge in [0.1, 0.15) is 17.4 Å². The predicted octanol–water partition coefficient (Wildman–Crippen LogP) is 1.85. The van der Waals surface area contributed by atoms with Crippen molar-refractivity contribution in [2.75, 3.05) is 6.54 Å². The number of nitrogens with zero attached hydrogens (tertiary/aromatic N) is 1. The number of carbonyl (C=O) groups is 2. The number of piperidine rings is 1. The third-order valence-corrected chi connectivity index (χ3v) is 4.34. The fraction of sp³-hybridized carbons (Fsp3) is 0.267. The lowest BCUT2D eigenvalue weighted by atomic mass is 10.1. The second-order valence-corrected chi connectivity index (χ2v) is 5.88. The van der Waals surface area contributed by atoms with Gasteiger partial charge in [0.15, 0.2) is 0 Å². The first kappa shape index (κ1) is 14.8. The van der Waals surface area contributed by atoms with Gasteiger partial charge in [-0.2, -0.15) is 5.10 Å². The fourth-order valence-corrected chi connectivity index (χ4v) is 2.99. The van der Waals surface area contributed by atoms with Crippen LogP contribution < -0.4 is 10.6 Å². The van der Waals surface area contributed by atoms with Gasteiger partial charge in [0.05, 0.1) is 4.47 Å². The van der Waals surface area contributed by atoms with Gasteiger partial charge in [-0.05, 0) is 28.8 Å². The van der Waals surface area contributed by atoms with Crippen molar-refractivity contribution in [3.63, 3.8) is 0 Å². The monoisotopic (exact) mass is 362 g/mol. The highest BCUT2D eigenvalue weighted by Crippen LogP contribution is 2.28. The molecule has 0 spiro atoms. The van der Waals surface area contributed by atoms with Crippen LogP contribution in [0.15, 0.2) is 34.8 Å². The summed E-state index contributed by atoms with van der Waals surface area (Å²) >= 11 is 3.41. The van der Waals surface area contributed by atoms with Crippen LogP contribution in [0.3, 0.4) is 0 Å². The minimum absolute atomic E-state index is 0.140. The Bertz CT molecular complexity index is 699. The van der Waals surface area contributed by atoms with Crippen LogP contribution in [0.1, 0.15) is 23.3 Å². The Labute approximate surface area is 135 Å². The predicted molar refractivity (Wildman–Crippen MR) is 85.2 cm³/mol. The molecule has 7 heteroatoms. The van der Waals surface area contributed by atoms with Crippen LogP contribution in [0.2, 0.25) is 0 Å². The molecule has 1 aromatic carbocycles. The highest BCUT2D eigenvalue weighted by Gasteiger charge is 2.26. The van der Waals surface area contributed by atoms with Crippen molar-refractivity contribution < 1.29 is 9.59 Å². The van der Waals surface area contributed by atoms with Crippen molar-refractivity contribution in [3.8, 4) is 11.3 Å². The van der Waals surface area contributed by atoms with E-state index in [9.17, 15) is 9.59 Å². The molecule has 114 valence electrons. The average Bonchev–Trinajstić information content (AvgIpc) is 2.92. The topological polar surface area (TPSA) is 86.9 Å². The molecule has 6 nitrogen and oxygen atoms in total. The number of aromatic amines is 1. The SMILES string of the molecule is O=C(N[C@H]1CCCNC1=O)c1[nH]nc(-c2ccccc2)c1Br. The molecule has 0 unspecified atom stereocenters. The van der Waals surface area contributed by atoms with Gasteiger partial charge in [0, 0.05) is 12.1 Å². The van der Waals surface area contributed by atoms with Gasteiger partial charge in [-0.15, -0.1) is 0 Å². The highest BCUT2D eigenvalue weighted by molar-refractivity contribution is 9.10. The second kappa shape index (κ2) is 6.31. The summed E-state index contributed by atoms with van der Waals surface area (Å²) in [6.07, 6.45) is 1.50. The first-order chi connectivity index (χ1) is 10.7. The second-order valence-electron chi connectivity index (χ2n) is 5.09. The first-order valence-electron chi connectivity index (χ1n) is 7.04. The molecule has 1 saturated heterocycles. The number of nitrogens with one attached hydrogen (secondary N) is 3. The summed E-state index contributed by atoms with van der Waals surface area (Å²) in [7, 11) is 0. The summed E-state index contributed by atoms with van der Waals surface area (Å²) in [6, 6.07) is 9.07. The number of hydrogen-bond donors (Lipinski definition) is 3. The molecule has 22 heavy (non-hydrogen) atoms. The van der Waals surface area contributed by atoms with Crippen molar-refractivity contribution in [3.05, 3.63) is 40.5 Å². The Morgan fingerprint density at radius 1 is 1.32 bits per heavy atom. The van der Waals surface area contributed by atoms with Gasteiger partial charge in [-0.25, -0.2) is 0 Å². The van der Waals surface area contributed by atoms with Crippen LogP contribution in [-0.2, 0) is 4.79 Å². The Morgan fingerprint density at radius 3 is 2.82 bits per heavy atom. The summed E-state index contributed by atoms with van der Waals surface area (Å²) in [4.78, 5) is 24.0. The molecule has 2 aromatic rings. The number of rotatable bonds is 3. The zero-order chi connectivity index (χ0) is 15.5. The zero-order valence-electron chi connectivity index (χ0n) is 11.7. The molecule has 0 radical (unpaired) electrons. The average molecular weight is 363 g/mol. The van der Waals surface area contributed by atoms with E-state index in [4.69, 9.17) is 0 Å². The van der Waals surface area contributed by atoms with Crippen molar-refractivity contribution >= 4 is 27.7 Å². The third-order valence-electron chi connectivity index (χ3n) is 3.57. The molecule has 2 heterocycles. The lowest BCUT2D eigenvalue weighted by molar-refractivity contribution is -0.124. The summed E-state index contributed by atoms with van der Waals surface area (Å²) in [5.41, 5.74) is 1.89. The molecule has 1 aromatic heterocycles. The van der Waals surface area contributed by atoms with Crippen LogP contribution in [-0.4, -0.2) is 34.6 Å². The number of halogens is 1. The minimum Gasteiger partial charge on any atom is -0.354 e. The Morgan fingerprint density at radius 2 is 2.09 bits per heavy atom. The molecule has 0 aliphatic carbocycles. The minimum atomic E-state index is -0.489. The van der Waals surface area contributed by atoms with E-state index in [0.717, 1.165) is 12.0 Å². The van der Waals surface area contributed by atoms with Crippen molar-refractivity contribution in [2.24, 2.45) is 0 Å². The molecule has 3 rings (SSSR count). The van der Waals surface area contributed by atoms with Crippen molar-refractivity contribution in [2.45, 2.75) is 18.9 Å². The molecular weight excluding hydrogens is 348 g/mol. The van der Waals surface area contributed by atoms with Gasteiger partial charge >= 0.3 is 0 Å². The number of H-pyrrole nitrogens is 1. The molecule has 1 fully saturated rings. The summed E-state index contributed by atoms with van der Waals surface area (Å²) in [5.74, 6) is -0.484. The van der Waals surface area contributed by atoms with E-state index < -0.39 is 6.04 Å². The van der Waals surface area contributed by atoms with Crippen LogP contribution in [0, 0.1) is 0 Å². The van der Waals surface area contributed by atoms with E-state index in [1.165, 1.54) is 0 Å². The van der Waals surface area contributed by atoms with Crippen LogP contribution in [0.4, 0.5) is 0 Å². The van der Waals surface area contributed by atoms with Crippen LogP contribution >= 0.6 is 15.9 Å². The standard InChI is InChI=1S/C15H15BrN4O2/c16-11-12(9-5-2-1-3-6-9)19-20-13(11)15(22)18-10-7-4-8-17-14(10)21/h1-3,5-6,10H,4,7-8H2,(H,17,21)(H,18,22)(H,19,20)/t10-/m0/s1. The molecule has 1 aliphatic rings. The maximum absolute atomic E-state index is 12.3. The largest absolute Gasteiger partial charge is 0.354 e. The van der Waals surface area contributed by atoms with E-state index in [0.29, 0.717) is 28.8 Å². The highest BCUT2D eigenvalue weighted by atomic mass is 79.9. The number of benzene rings is 1. The Kier molecular flexibility index (Phi) is 4.24. The lowest BCUT2D eigenvalue weighted by Crippen LogP contribution is -2.50. The quantitative estimate of drug-likeness (QED) is 0.778. The van der Waals surface area contributed by atoms with Crippen LogP contribution in [0.5, 0.6) is 0 Å². The van der Waals surface area contributed by atoms with E-state index in [1.807, 2.05) is 30.3 Å². The molecular formula is C15H15BrN4O2. The lowest BCUT2D eigenvalue weighted by Gasteiger charge is -2.22. The van der Waals surface area contributed by atoms with Gasteiger partial charge in [0.25, 0.3) is 5.91 Å². The van der Waals surface area contributed by atoms with Crippen molar-refractivity contribution in [1.82, 2.24) is 20.8 Å². The maximum atomic E-state index is 12.3. The summed E-state index contributed by atoms with van der Waals surface area (Å²) in [6.45, 7) is 0.664. The molecule has 0 saturated carbocycles. The molecule has 1 atom stereocenters.